The molecule has 2 N–H and O–H groups in total. The molecule has 0 aliphatic carbocycles. The SMILES string of the molecule is CCC(CC)C(=O)Nc1c2c(nn1CC(=O)NCc1ccccc1)CSC2. The number of carbonyl (C=O) groups is 2. The van der Waals surface area contributed by atoms with Crippen molar-refractivity contribution in [1.82, 2.24) is 15.1 Å². The first-order chi connectivity index (χ1) is 13.1. The summed E-state index contributed by atoms with van der Waals surface area (Å²) in [5.74, 6) is 2.18. The predicted octanol–water partition coefficient (Wildman–Crippen LogP) is 3.32. The molecule has 1 aromatic carbocycles. The van der Waals surface area contributed by atoms with Crippen molar-refractivity contribution >= 4 is 29.4 Å². The van der Waals surface area contributed by atoms with Crippen molar-refractivity contribution in [3.63, 3.8) is 0 Å². The highest BCUT2D eigenvalue weighted by molar-refractivity contribution is 7.98. The number of hydrogen-bond donors (Lipinski definition) is 2. The van der Waals surface area contributed by atoms with Crippen LogP contribution in [0.25, 0.3) is 0 Å². The van der Waals surface area contributed by atoms with E-state index in [0.717, 1.165) is 41.2 Å². The van der Waals surface area contributed by atoms with E-state index in [1.165, 1.54) is 0 Å². The summed E-state index contributed by atoms with van der Waals surface area (Å²) in [6.07, 6.45) is 1.59. The fourth-order valence-corrected chi connectivity index (χ4v) is 4.22. The minimum atomic E-state index is -0.120. The number of nitrogens with one attached hydrogen (secondary N) is 2. The monoisotopic (exact) mass is 386 g/mol. The summed E-state index contributed by atoms with van der Waals surface area (Å²) in [4.78, 5) is 25.0. The number of amides is 2. The van der Waals surface area contributed by atoms with Gasteiger partial charge in [0.1, 0.15) is 12.4 Å². The largest absolute Gasteiger partial charge is 0.350 e. The van der Waals surface area contributed by atoms with Gasteiger partial charge in [0, 0.05) is 29.5 Å². The van der Waals surface area contributed by atoms with Crippen molar-refractivity contribution in [2.24, 2.45) is 5.92 Å². The van der Waals surface area contributed by atoms with Crippen LogP contribution in [0.5, 0.6) is 0 Å². The number of fused-ring (bicyclic) bond motifs is 1. The lowest BCUT2D eigenvalue weighted by Gasteiger charge is -2.15. The van der Waals surface area contributed by atoms with Gasteiger partial charge in [0.25, 0.3) is 0 Å². The molecule has 0 fully saturated rings. The van der Waals surface area contributed by atoms with Gasteiger partial charge in [-0.15, -0.1) is 0 Å². The van der Waals surface area contributed by atoms with Gasteiger partial charge in [0.05, 0.1) is 5.69 Å². The van der Waals surface area contributed by atoms with Crippen molar-refractivity contribution in [3.05, 3.63) is 47.2 Å². The molecule has 0 saturated carbocycles. The van der Waals surface area contributed by atoms with Crippen LogP contribution >= 0.6 is 11.8 Å². The van der Waals surface area contributed by atoms with Crippen LogP contribution in [0.1, 0.15) is 43.5 Å². The average Bonchev–Trinajstić information content (AvgIpc) is 3.25. The molecule has 7 heteroatoms. The maximum atomic E-state index is 12.6. The number of benzene rings is 1. The van der Waals surface area contributed by atoms with Crippen molar-refractivity contribution in [1.29, 1.82) is 0 Å². The van der Waals surface area contributed by atoms with Crippen LogP contribution in [-0.2, 0) is 34.2 Å². The molecule has 27 heavy (non-hydrogen) atoms. The maximum Gasteiger partial charge on any atom is 0.242 e. The highest BCUT2D eigenvalue weighted by atomic mass is 32.2. The standard InChI is InChI=1S/C20H26N4O2S/c1-3-15(4-2)20(26)22-19-16-12-27-13-17(16)23-24(19)11-18(25)21-10-14-8-6-5-7-9-14/h5-9,15H,3-4,10-13H2,1-2H3,(H,21,25)(H,22,26). The molecule has 0 bridgehead atoms. The molecule has 6 nitrogen and oxygen atoms in total. The van der Waals surface area contributed by atoms with Crippen molar-refractivity contribution in [2.45, 2.75) is 51.3 Å². The lowest BCUT2D eigenvalue weighted by atomic mass is 10.0. The van der Waals surface area contributed by atoms with Crippen LogP contribution in [0, 0.1) is 5.92 Å². The molecule has 2 heterocycles. The van der Waals surface area contributed by atoms with E-state index in [1.54, 1.807) is 16.4 Å². The highest BCUT2D eigenvalue weighted by Crippen LogP contribution is 2.35. The Balaban J connectivity index is 1.69. The van der Waals surface area contributed by atoms with Gasteiger partial charge < -0.3 is 10.6 Å². The highest BCUT2D eigenvalue weighted by Gasteiger charge is 2.26. The van der Waals surface area contributed by atoms with E-state index in [2.05, 4.69) is 15.7 Å². The molecule has 0 spiro atoms. The molecule has 1 aliphatic heterocycles. The second-order valence-electron chi connectivity index (χ2n) is 6.69. The van der Waals surface area contributed by atoms with Crippen molar-refractivity contribution < 1.29 is 9.59 Å². The molecule has 0 radical (unpaired) electrons. The first-order valence-electron chi connectivity index (χ1n) is 9.40. The van der Waals surface area contributed by atoms with Crippen LogP contribution in [0.3, 0.4) is 0 Å². The molecule has 2 aromatic rings. The molecule has 0 unspecified atom stereocenters. The van der Waals surface area contributed by atoms with Gasteiger partial charge in [0.2, 0.25) is 11.8 Å². The average molecular weight is 387 g/mol. The summed E-state index contributed by atoms with van der Waals surface area (Å²) < 4.78 is 1.64. The fraction of sp³-hybridized carbons (Fsp3) is 0.450. The lowest BCUT2D eigenvalue weighted by Crippen LogP contribution is -2.29. The molecule has 3 rings (SSSR count). The van der Waals surface area contributed by atoms with Crippen LogP contribution in [0.2, 0.25) is 0 Å². The summed E-state index contributed by atoms with van der Waals surface area (Å²) in [7, 11) is 0. The summed E-state index contributed by atoms with van der Waals surface area (Å²) in [6.45, 7) is 4.61. The van der Waals surface area contributed by atoms with Crippen molar-refractivity contribution in [3.8, 4) is 0 Å². The Kier molecular flexibility index (Phi) is 6.55. The molecule has 0 saturated heterocycles. The molecule has 0 atom stereocenters. The predicted molar refractivity (Wildman–Crippen MR) is 108 cm³/mol. The molecule has 1 aliphatic rings. The van der Waals surface area contributed by atoms with E-state index >= 15 is 0 Å². The Hall–Kier alpha value is -2.28. The van der Waals surface area contributed by atoms with E-state index in [9.17, 15) is 9.59 Å². The molecule has 2 amide bonds. The maximum absolute atomic E-state index is 12.6. The van der Waals surface area contributed by atoms with E-state index in [1.807, 2.05) is 44.2 Å². The van der Waals surface area contributed by atoms with Crippen LogP contribution in [0.15, 0.2) is 30.3 Å². The van der Waals surface area contributed by atoms with E-state index in [-0.39, 0.29) is 24.3 Å². The molecular formula is C20H26N4O2S. The third-order valence-corrected chi connectivity index (χ3v) is 5.81. The Morgan fingerprint density at radius 1 is 1.19 bits per heavy atom. The van der Waals surface area contributed by atoms with E-state index in [4.69, 9.17) is 0 Å². The first-order valence-corrected chi connectivity index (χ1v) is 10.6. The topological polar surface area (TPSA) is 76.0 Å². The third kappa shape index (κ3) is 4.71. The Morgan fingerprint density at radius 3 is 2.63 bits per heavy atom. The van der Waals surface area contributed by atoms with Gasteiger partial charge >= 0.3 is 0 Å². The second kappa shape index (κ2) is 9.08. The number of carbonyl (C=O) groups excluding carboxylic acids is 2. The Bertz CT molecular complexity index is 800. The molecular weight excluding hydrogens is 360 g/mol. The zero-order valence-electron chi connectivity index (χ0n) is 15.8. The normalized spacial score (nSPS) is 12.9. The summed E-state index contributed by atoms with van der Waals surface area (Å²) >= 11 is 1.78. The van der Waals surface area contributed by atoms with Gasteiger partial charge in [-0.25, -0.2) is 4.68 Å². The zero-order valence-corrected chi connectivity index (χ0v) is 16.6. The zero-order chi connectivity index (χ0) is 19.2. The van der Waals surface area contributed by atoms with Gasteiger partial charge in [-0.2, -0.15) is 16.9 Å². The number of nitrogens with zero attached hydrogens (tertiary/aromatic N) is 2. The number of aromatic nitrogens is 2. The Labute approximate surface area is 164 Å². The minimum absolute atomic E-state index is 0.00513. The van der Waals surface area contributed by atoms with Gasteiger partial charge in [0.15, 0.2) is 0 Å². The summed E-state index contributed by atoms with van der Waals surface area (Å²) in [6, 6.07) is 9.79. The molecule has 144 valence electrons. The van der Waals surface area contributed by atoms with Gasteiger partial charge in [-0.3, -0.25) is 9.59 Å². The van der Waals surface area contributed by atoms with Gasteiger partial charge in [-0.1, -0.05) is 44.2 Å². The van der Waals surface area contributed by atoms with Crippen LogP contribution in [0.4, 0.5) is 5.82 Å². The fourth-order valence-electron chi connectivity index (χ4n) is 3.19. The van der Waals surface area contributed by atoms with Gasteiger partial charge in [-0.05, 0) is 18.4 Å². The van der Waals surface area contributed by atoms with E-state index < -0.39 is 0 Å². The third-order valence-electron chi connectivity index (χ3n) is 4.84. The number of rotatable bonds is 8. The number of hydrogen-bond acceptors (Lipinski definition) is 4. The summed E-state index contributed by atoms with van der Waals surface area (Å²) in [5, 5.41) is 10.5. The second-order valence-corrected chi connectivity index (χ2v) is 7.67. The minimum Gasteiger partial charge on any atom is -0.350 e. The first kappa shape index (κ1) is 19.5. The van der Waals surface area contributed by atoms with Crippen LogP contribution < -0.4 is 10.6 Å². The van der Waals surface area contributed by atoms with E-state index in [0.29, 0.717) is 12.4 Å². The smallest absolute Gasteiger partial charge is 0.242 e. The number of thioether (sulfide) groups is 1. The lowest BCUT2D eigenvalue weighted by molar-refractivity contribution is -0.122. The summed E-state index contributed by atoms with van der Waals surface area (Å²) in [5.41, 5.74) is 3.07. The van der Waals surface area contributed by atoms with Crippen LogP contribution in [-0.4, -0.2) is 21.6 Å². The quantitative estimate of drug-likeness (QED) is 0.730. The molecule has 1 aromatic heterocycles. The number of anilines is 1. The van der Waals surface area contributed by atoms with Crippen molar-refractivity contribution in [2.75, 3.05) is 5.32 Å². The Morgan fingerprint density at radius 2 is 1.93 bits per heavy atom.